The highest BCUT2D eigenvalue weighted by Crippen LogP contribution is 2.39. The zero-order chi connectivity index (χ0) is 13.9. The number of aryl methyl sites for hydroxylation is 1. The molecule has 0 bridgehead atoms. The van der Waals surface area contributed by atoms with Crippen LogP contribution >= 0.6 is 0 Å². The molecule has 0 spiro atoms. The Morgan fingerprint density at radius 2 is 2.25 bits per heavy atom. The summed E-state index contributed by atoms with van der Waals surface area (Å²) in [6.07, 6.45) is 8.93. The summed E-state index contributed by atoms with van der Waals surface area (Å²) in [4.78, 5) is 11.8. The summed E-state index contributed by atoms with van der Waals surface area (Å²) in [6, 6.07) is 2.21. The topological polar surface area (TPSA) is 56.2 Å². The van der Waals surface area contributed by atoms with E-state index in [1.807, 2.05) is 19.3 Å². The van der Waals surface area contributed by atoms with Crippen molar-refractivity contribution < 1.29 is 9.53 Å². The first kappa shape index (κ1) is 13.5. The number of nitrogens with zero attached hydrogens (tertiary/aromatic N) is 2. The zero-order valence-corrected chi connectivity index (χ0v) is 12.0. The SMILES string of the molecule is Cn1ccc([C@@H]2C[C@H]2NC(=O)OCC2CCCCC2)n1. The number of alkyl carbamates (subject to hydrolysis) is 1. The van der Waals surface area contributed by atoms with Crippen LogP contribution in [-0.4, -0.2) is 28.5 Å². The van der Waals surface area contributed by atoms with Gasteiger partial charge >= 0.3 is 6.09 Å². The van der Waals surface area contributed by atoms with Gasteiger partial charge in [0, 0.05) is 25.2 Å². The van der Waals surface area contributed by atoms with E-state index in [9.17, 15) is 4.79 Å². The fourth-order valence-electron chi connectivity index (χ4n) is 3.05. The molecule has 0 aliphatic heterocycles. The Bertz CT molecular complexity index is 465. The quantitative estimate of drug-likeness (QED) is 0.920. The lowest BCUT2D eigenvalue weighted by atomic mass is 9.90. The smallest absolute Gasteiger partial charge is 0.407 e. The molecule has 0 radical (unpaired) electrons. The van der Waals surface area contributed by atoms with Crippen LogP contribution in [0.1, 0.15) is 50.1 Å². The molecule has 5 nitrogen and oxygen atoms in total. The Morgan fingerprint density at radius 3 is 2.95 bits per heavy atom. The normalized spacial score (nSPS) is 26.2. The van der Waals surface area contributed by atoms with Gasteiger partial charge in [-0.15, -0.1) is 0 Å². The van der Waals surface area contributed by atoms with Gasteiger partial charge in [-0.3, -0.25) is 4.68 Å². The van der Waals surface area contributed by atoms with E-state index < -0.39 is 0 Å². The minimum absolute atomic E-state index is 0.198. The summed E-state index contributed by atoms with van der Waals surface area (Å²) in [7, 11) is 1.91. The van der Waals surface area contributed by atoms with Crippen molar-refractivity contribution in [2.45, 2.75) is 50.5 Å². The standard InChI is InChI=1S/C15H23N3O2/c1-18-8-7-13(17-18)12-9-14(12)16-15(19)20-10-11-5-3-2-4-6-11/h7-8,11-12,14H,2-6,9-10H2,1H3,(H,16,19)/t12-,14+/m0/s1. The van der Waals surface area contributed by atoms with E-state index in [1.54, 1.807) is 4.68 Å². The first-order chi connectivity index (χ1) is 9.72. The van der Waals surface area contributed by atoms with Gasteiger partial charge in [-0.2, -0.15) is 5.10 Å². The number of nitrogens with one attached hydrogen (secondary N) is 1. The van der Waals surface area contributed by atoms with Crippen LogP contribution in [0.2, 0.25) is 0 Å². The lowest BCUT2D eigenvalue weighted by Crippen LogP contribution is -2.29. The van der Waals surface area contributed by atoms with Gasteiger partial charge in [-0.1, -0.05) is 19.3 Å². The van der Waals surface area contributed by atoms with Crippen molar-refractivity contribution in [1.82, 2.24) is 15.1 Å². The molecule has 1 N–H and O–H groups in total. The van der Waals surface area contributed by atoms with Gasteiger partial charge in [0.05, 0.1) is 12.3 Å². The van der Waals surface area contributed by atoms with Crippen molar-refractivity contribution in [3.05, 3.63) is 18.0 Å². The van der Waals surface area contributed by atoms with E-state index >= 15 is 0 Å². The molecule has 1 aromatic rings. The van der Waals surface area contributed by atoms with Crippen molar-refractivity contribution in [2.24, 2.45) is 13.0 Å². The Hall–Kier alpha value is -1.52. The molecule has 110 valence electrons. The molecule has 2 fully saturated rings. The highest BCUT2D eigenvalue weighted by molar-refractivity contribution is 5.68. The molecular formula is C15H23N3O2. The first-order valence-electron chi connectivity index (χ1n) is 7.65. The molecule has 1 heterocycles. The van der Waals surface area contributed by atoms with Gasteiger partial charge in [0.25, 0.3) is 0 Å². The number of hydrogen-bond donors (Lipinski definition) is 1. The van der Waals surface area contributed by atoms with Gasteiger partial charge in [0.15, 0.2) is 0 Å². The highest BCUT2D eigenvalue weighted by Gasteiger charge is 2.41. The number of carbonyl (C=O) groups is 1. The Balaban J connectivity index is 1.37. The predicted molar refractivity (Wildman–Crippen MR) is 75.4 cm³/mol. The van der Waals surface area contributed by atoms with Crippen LogP contribution in [0.5, 0.6) is 0 Å². The molecule has 1 aromatic heterocycles. The van der Waals surface area contributed by atoms with Gasteiger partial charge in [0.2, 0.25) is 0 Å². The van der Waals surface area contributed by atoms with Gasteiger partial charge in [0.1, 0.15) is 0 Å². The molecule has 20 heavy (non-hydrogen) atoms. The van der Waals surface area contributed by atoms with Gasteiger partial charge in [-0.25, -0.2) is 4.79 Å². The number of rotatable bonds is 4. The van der Waals surface area contributed by atoms with Crippen LogP contribution in [-0.2, 0) is 11.8 Å². The minimum atomic E-state index is -0.265. The number of aromatic nitrogens is 2. The molecule has 2 aliphatic rings. The van der Waals surface area contributed by atoms with E-state index in [4.69, 9.17) is 4.74 Å². The van der Waals surface area contributed by atoms with E-state index in [0.717, 1.165) is 12.1 Å². The van der Waals surface area contributed by atoms with E-state index in [0.29, 0.717) is 18.4 Å². The third kappa shape index (κ3) is 3.32. The zero-order valence-electron chi connectivity index (χ0n) is 12.0. The number of amides is 1. The molecule has 0 saturated heterocycles. The maximum absolute atomic E-state index is 11.8. The van der Waals surface area contributed by atoms with E-state index in [-0.39, 0.29) is 12.1 Å². The molecular weight excluding hydrogens is 254 g/mol. The monoisotopic (exact) mass is 277 g/mol. The van der Waals surface area contributed by atoms with Crippen LogP contribution in [0.15, 0.2) is 12.3 Å². The van der Waals surface area contributed by atoms with Crippen LogP contribution in [0.25, 0.3) is 0 Å². The number of ether oxygens (including phenoxy) is 1. The second-order valence-corrected chi connectivity index (χ2v) is 6.11. The second kappa shape index (κ2) is 5.85. The lowest BCUT2D eigenvalue weighted by molar-refractivity contribution is 0.115. The van der Waals surface area contributed by atoms with Gasteiger partial charge in [-0.05, 0) is 31.2 Å². The summed E-state index contributed by atoms with van der Waals surface area (Å²) in [5, 5.41) is 7.32. The highest BCUT2D eigenvalue weighted by atomic mass is 16.5. The Kier molecular flexibility index (Phi) is 3.94. The van der Waals surface area contributed by atoms with Crippen molar-refractivity contribution in [1.29, 1.82) is 0 Å². The van der Waals surface area contributed by atoms with Crippen LogP contribution in [0.4, 0.5) is 4.79 Å². The number of hydrogen-bond acceptors (Lipinski definition) is 3. The summed E-state index contributed by atoms with van der Waals surface area (Å²) in [5.41, 5.74) is 1.06. The largest absolute Gasteiger partial charge is 0.449 e. The Morgan fingerprint density at radius 1 is 1.45 bits per heavy atom. The average molecular weight is 277 g/mol. The van der Waals surface area contributed by atoms with Crippen molar-refractivity contribution >= 4 is 6.09 Å². The maximum Gasteiger partial charge on any atom is 0.407 e. The third-order valence-corrected chi connectivity index (χ3v) is 4.38. The molecule has 0 aromatic carbocycles. The fraction of sp³-hybridized carbons (Fsp3) is 0.733. The molecule has 3 rings (SSSR count). The van der Waals surface area contributed by atoms with E-state index in [2.05, 4.69) is 10.4 Å². The van der Waals surface area contributed by atoms with Gasteiger partial charge < -0.3 is 10.1 Å². The Labute approximate surface area is 119 Å². The van der Waals surface area contributed by atoms with Crippen LogP contribution in [0.3, 0.4) is 0 Å². The first-order valence-corrected chi connectivity index (χ1v) is 7.65. The fourth-order valence-corrected chi connectivity index (χ4v) is 3.05. The molecule has 5 heteroatoms. The molecule has 1 amide bonds. The molecule has 2 aliphatic carbocycles. The summed E-state index contributed by atoms with van der Waals surface area (Å²) < 4.78 is 7.14. The number of carbonyl (C=O) groups excluding carboxylic acids is 1. The maximum atomic E-state index is 11.8. The summed E-state index contributed by atoms with van der Waals surface area (Å²) in [5.74, 6) is 0.929. The van der Waals surface area contributed by atoms with Crippen LogP contribution < -0.4 is 5.32 Å². The summed E-state index contributed by atoms with van der Waals surface area (Å²) in [6.45, 7) is 0.576. The van der Waals surface area contributed by atoms with E-state index in [1.165, 1.54) is 32.1 Å². The third-order valence-electron chi connectivity index (χ3n) is 4.38. The lowest BCUT2D eigenvalue weighted by Gasteiger charge is -2.21. The molecule has 0 unspecified atom stereocenters. The van der Waals surface area contributed by atoms with Crippen molar-refractivity contribution in [3.63, 3.8) is 0 Å². The second-order valence-electron chi connectivity index (χ2n) is 6.11. The van der Waals surface area contributed by atoms with Crippen LogP contribution in [0, 0.1) is 5.92 Å². The minimum Gasteiger partial charge on any atom is -0.449 e. The van der Waals surface area contributed by atoms with Crippen molar-refractivity contribution in [3.8, 4) is 0 Å². The molecule has 2 saturated carbocycles. The summed E-state index contributed by atoms with van der Waals surface area (Å²) >= 11 is 0. The predicted octanol–water partition coefficient (Wildman–Crippen LogP) is 2.58. The molecule has 2 atom stereocenters. The van der Waals surface area contributed by atoms with Crippen molar-refractivity contribution in [2.75, 3.05) is 6.61 Å². The average Bonchev–Trinajstić information content (AvgIpc) is 3.08.